The van der Waals surface area contributed by atoms with Crippen molar-refractivity contribution in [2.75, 3.05) is 78.5 Å². The van der Waals surface area contributed by atoms with Crippen molar-refractivity contribution in [2.24, 2.45) is 5.92 Å². The van der Waals surface area contributed by atoms with E-state index in [2.05, 4.69) is 81.1 Å². The van der Waals surface area contributed by atoms with E-state index in [9.17, 15) is 4.79 Å². The number of carbonyl (C=O) groups excluding carboxylic acids is 1. The third-order valence-corrected chi connectivity index (χ3v) is 9.19. The topological polar surface area (TPSA) is 39.3 Å². The van der Waals surface area contributed by atoms with Crippen LogP contribution >= 0.6 is 0 Å². The van der Waals surface area contributed by atoms with Gasteiger partial charge in [0.25, 0.3) is 0 Å². The number of benzene rings is 3. The molecule has 0 amide bonds. The fraction of sp³-hybridized carbons (Fsp3) is 0.500. The molecule has 0 radical (unpaired) electrons. The van der Waals surface area contributed by atoms with Gasteiger partial charge in [0.15, 0.2) is 0 Å². The lowest BCUT2D eigenvalue weighted by atomic mass is 9.97. The lowest BCUT2D eigenvalue weighted by Crippen LogP contribution is -2.41. The van der Waals surface area contributed by atoms with E-state index in [4.69, 9.17) is 4.74 Å². The zero-order chi connectivity index (χ0) is 30.4. The van der Waals surface area contributed by atoms with Gasteiger partial charge in [-0.3, -0.25) is 9.69 Å². The summed E-state index contributed by atoms with van der Waals surface area (Å²) in [5.41, 5.74) is 5.23. The molecule has 0 N–H and O–H groups in total. The SMILES string of the molecule is Cc1ccc(CC2CN3CCCN(CC(=O)OCc4ccccc4)CCN(CCCN(CCc4ccccc4)CC3)C2)cc1. The molecule has 2 heterocycles. The van der Waals surface area contributed by atoms with Crippen LogP contribution in [0.1, 0.15) is 35.1 Å². The number of nitrogens with zero attached hydrogens (tertiary/aromatic N) is 4. The Morgan fingerprint density at radius 3 is 1.91 bits per heavy atom. The third-order valence-electron chi connectivity index (χ3n) is 9.19. The fourth-order valence-electron chi connectivity index (χ4n) is 6.67. The maximum absolute atomic E-state index is 12.9. The molecule has 236 valence electrons. The largest absolute Gasteiger partial charge is 0.460 e. The second-order valence-electron chi connectivity index (χ2n) is 12.9. The molecule has 2 bridgehead atoms. The van der Waals surface area contributed by atoms with Crippen molar-refractivity contribution in [3.63, 3.8) is 0 Å². The second-order valence-corrected chi connectivity index (χ2v) is 12.9. The number of aryl methyl sites for hydroxylation is 1. The van der Waals surface area contributed by atoms with E-state index >= 15 is 0 Å². The first kappa shape index (κ1) is 32.4. The first-order valence-corrected chi connectivity index (χ1v) is 16.8. The molecule has 2 aliphatic heterocycles. The first-order chi connectivity index (χ1) is 21.6. The van der Waals surface area contributed by atoms with E-state index in [1.807, 2.05) is 30.3 Å². The van der Waals surface area contributed by atoms with Crippen molar-refractivity contribution < 1.29 is 9.53 Å². The number of hydrogen-bond acceptors (Lipinski definition) is 6. The normalized spacial score (nSPS) is 22.6. The molecule has 3 aromatic carbocycles. The van der Waals surface area contributed by atoms with Gasteiger partial charge >= 0.3 is 5.97 Å². The van der Waals surface area contributed by atoms with Crippen LogP contribution in [-0.4, -0.2) is 104 Å². The predicted molar refractivity (Wildman–Crippen MR) is 180 cm³/mol. The second kappa shape index (κ2) is 17.5. The number of hydrogen-bond donors (Lipinski definition) is 0. The Kier molecular flexibility index (Phi) is 12.8. The lowest BCUT2D eigenvalue weighted by Gasteiger charge is -2.31. The average molecular weight is 597 g/mol. The quantitative estimate of drug-likeness (QED) is 0.318. The van der Waals surface area contributed by atoms with Crippen LogP contribution in [0.4, 0.5) is 0 Å². The summed E-state index contributed by atoms with van der Waals surface area (Å²) in [6.07, 6.45) is 4.45. The fourth-order valence-corrected chi connectivity index (χ4v) is 6.67. The van der Waals surface area contributed by atoms with Crippen LogP contribution in [0.15, 0.2) is 84.9 Å². The van der Waals surface area contributed by atoms with Gasteiger partial charge in [0.2, 0.25) is 0 Å². The van der Waals surface area contributed by atoms with Gasteiger partial charge in [-0.1, -0.05) is 90.5 Å². The smallest absolute Gasteiger partial charge is 0.320 e. The van der Waals surface area contributed by atoms with Crippen LogP contribution in [0.25, 0.3) is 0 Å². The van der Waals surface area contributed by atoms with E-state index in [0.717, 1.165) is 96.8 Å². The number of rotatable bonds is 9. The summed E-state index contributed by atoms with van der Waals surface area (Å²) in [6, 6.07) is 30.0. The summed E-state index contributed by atoms with van der Waals surface area (Å²) in [4.78, 5) is 23.3. The van der Waals surface area contributed by atoms with Gasteiger partial charge in [0.1, 0.15) is 6.61 Å². The zero-order valence-corrected chi connectivity index (χ0v) is 26.8. The van der Waals surface area contributed by atoms with Gasteiger partial charge in [-0.15, -0.1) is 0 Å². The van der Waals surface area contributed by atoms with Gasteiger partial charge in [-0.2, -0.15) is 0 Å². The van der Waals surface area contributed by atoms with Gasteiger partial charge in [0.05, 0.1) is 6.54 Å². The first-order valence-electron chi connectivity index (χ1n) is 16.8. The molecule has 3 aromatic rings. The number of ether oxygens (including phenoxy) is 1. The molecule has 3 unspecified atom stereocenters. The highest BCUT2D eigenvalue weighted by molar-refractivity contribution is 5.71. The molecule has 3 atom stereocenters. The van der Waals surface area contributed by atoms with Crippen molar-refractivity contribution in [1.82, 2.24) is 19.6 Å². The maximum atomic E-state index is 12.9. The van der Waals surface area contributed by atoms with Crippen LogP contribution in [-0.2, 0) is 29.0 Å². The molecular formula is C38H52N4O2. The highest BCUT2D eigenvalue weighted by atomic mass is 16.5. The van der Waals surface area contributed by atoms with Gasteiger partial charge in [-0.25, -0.2) is 0 Å². The highest BCUT2D eigenvalue weighted by Gasteiger charge is 2.23. The summed E-state index contributed by atoms with van der Waals surface area (Å²) in [6.45, 7) is 14.5. The summed E-state index contributed by atoms with van der Waals surface area (Å²) in [5, 5.41) is 0. The van der Waals surface area contributed by atoms with E-state index in [0.29, 0.717) is 19.1 Å². The van der Waals surface area contributed by atoms with Gasteiger partial charge < -0.3 is 19.4 Å². The Labute approximate surface area is 265 Å². The third kappa shape index (κ3) is 11.2. The van der Waals surface area contributed by atoms with E-state index in [1.54, 1.807) is 0 Å². The van der Waals surface area contributed by atoms with Gasteiger partial charge in [0, 0.05) is 52.4 Å². The summed E-state index contributed by atoms with van der Waals surface area (Å²) in [5.74, 6) is 0.454. The Bertz CT molecular complexity index is 1240. The molecule has 0 spiro atoms. The molecule has 5 rings (SSSR count). The molecule has 2 aliphatic rings. The highest BCUT2D eigenvalue weighted by Crippen LogP contribution is 2.17. The summed E-state index contributed by atoms with van der Waals surface area (Å²) in [7, 11) is 0. The molecule has 44 heavy (non-hydrogen) atoms. The Morgan fingerprint density at radius 2 is 1.25 bits per heavy atom. The molecule has 0 aromatic heterocycles. The molecule has 6 nitrogen and oxygen atoms in total. The maximum Gasteiger partial charge on any atom is 0.320 e. The van der Waals surface area contributed by atoms with E-state index < -0.39 is 0 Å². The summed E-state index contributed by atoms with van der Waals surface area (Å²) >= 11 is 0. The van der Waals surface area contributed by atoms with Crippen molar-refractivity contribution in [1.29, 1.82) is 0 Å². The summed E-state index contributed by atoms with van der Waals surface area (Å²) < 4.78 is 5.68. The van der Waals surface area contributed by atoms with Gasteiger partial charge in [-0.05, 0) is 74.8 Å². The standard InChI is InChI=1S/C38H52N4O2/c1-33-14-16-35(17-15-33)28-37-29-40-21-9-22-42(31-38(43)44-32-36-12-6-3-7-13-36)27-26-41(30-37)20-8-19-39(24-25-40)23-18-34-10-4-2-5-11-34/h2-7,10-17,37H,8-9,18-32H2,1H3. The van der Waals surface area contributed by atoms with Crippen LogP contribution in [0.3, 0.4) is 0 Å². The minimum Gasteiger partial charge on any atom is -0.460 e. The van der Waals surface area contributed by atoms with E-state index in [1.165, 1.54) is 23.1 Å². The van der Waals surface area contributed by atoms with Crippen LogP contribution in [0.5, 0.6) is 0 Å². The minimum absolute atomic E-state index is 0.125. The minimum atomic E-state index is -0.125. The Balaban J connectivity index is 1.25. The monoisotopic (exact) mass is 596 g/mol. The van der Waals surface area contributed by atoms with E-state index in [-0.39, 0.29) is 5.97 Å². The molecular weight excluding hydrogens is 544 g/mol. The molecule has 2 fully saturated rings. The molecule has 0 aliphatic carbocycles. The van der Waals surface area contributed by atoms with Crippen molar-refractivity contribution in [3.8, 4) is 0 Å². The molecule has 6 heteroatoms. The number of carbonyl (C=O) groups is 1. The van der Waals surface area contributed by atoms with Crippen LogP contribution < -0.4 is 0 Å². The molecule has 2 saturated heterocycles. The number of fused-ring (bicyclic) bond motifs is 4. The van der Waals surface area contributed by atoms with Crippen molar-refractivity contribution >= 4 is 5.97 Å². The average Bonchev–Trinajstić information content (AvgIpc) is 3.10. The molecule has 0 saturated carbocycles. The van der Waals surface area contributed by atoms with Crippen molar-refractivity contribution in [3.05, 3.63) is 107 Å². The van der Waals surface area contributed by atoms with Crippen LogP contribution in [0.2, 0.25) is 0 Å². The Hall–Kier alpha value is -3.03. The van der Waals surface area contributed by atoms with Crippen LogP contribution in [0, 0.1) is 12.8 Å². The Morgan fingerprint density at radius 1 is 0.659 bits per heavy atom. The number of esters is 1. The van der Waals surface area contributed by atoms with Crippen molar-refractivity contribution in [2.45, 2.75) is 39.2 Å². The lowest BCUT2D eigenvalue weighted by molar-refractivity contribution is -0.146. The predicted octanol–water partition coefficient (Wildman–Crippen LogP) is 5.16. The zero-order valence-electron chi connectivity index (χ0n) is 26.8.